The smallest absolute Gasteiger partial charge is 0.119 e. The number of rotatable bonds is 8. The van der Waals surface area contributed by atoms with E-state index >= 15 is 0 Å². The highest BCUT2D eigenvalue weighted by Crippen LogP contribution is 2.27. The Morgan fingerprint density at radius 2 is 1.88 bits per heavy atom. The predicted molar refractivity (Wildman–Crippen MR) is 103 cm³/mol. The van der Waals surface area contributed by atoms with Crippen molar-refractivity contribution in [1.82, 2.24) is 9.80 Å². The zero-order valence-corrected chi connectivity index (χ0v) is 15.9. The third-order valence-electron chi connectivity index (χ3n) is 5.78. The molecule has 1 heterocycles. The minimum Gasteiger partial charge on any atom is -0.491 e. The van der Waals surface area contributed by atoms with E-state index in [9.17, 15) is 5.11 Å². The molecule has 1 aromatic rings. The summed E-state index contributed by atoms with van der Waals surface area (Å²) in [4.78, 5) is 5.19. The highest BCUT2D eigenvalue weighted by atomic mass is 16.5. The lowest BCUT2D eigenvalue weighted by Gasteiger charge is -2.46. The highest BCUT2D eigenvalue weighted by molar-refractivity contribution is 5.28. The molecule has 1 saturated heterocycles. The van der Waals surface area contributed by atoms with Crippen LogP contribution in [-0.4, -0.2) is 71.6 Å². The molecule has 0 radical (unpaired) electrons. The van der Waals surface area contributed by atoms with Crippen LogP contribution >= 0.6 is 0 Å². The van der Waals surface area contributed by atoms with Gasteiger partial charge in [0.05, 0.1) is 6.61 Å². The topological polar surface area (TPSA) is 56.2 Å². The largest absolute Gasteiger partial charge is 0.491 e. The average Bonchev–Trinajstić information content (AvgIpc) is 2.68. The van der Waals surface area contributed by atoms with Gasteiger partial charge >= 0.3 is 0 Å². The fourth-order valence-electron chi connectivity index (χ4n) is 4.53. The first kappa shape index (κ1) is 19.6. The van der Waals surface area contributed by atoms with Crippen LogP contribution in [0.3, 0.4) is 0 Å². The fourth-order valence-corrected chi connectivity index (χ4v) is 4.53. The summed E-state index contributed by atoms with van der Waals surface area (Å²) in [5, 5.41) is 18.5. The second kappa shape index (κ2) is 10.3. The summed E-state index contributed by atoms with van der Waals surface area (Å²) in [5.41, 5.74) is 1.24. The molecule has 0 amide bonds. The van der Waals surface area contributed by atoms with Gasteiger partial charge in [-0.25, -0.2) is 0 Å². The van der Waals surface area contributed by atoms with Crippen LogP contribution < -0.4 is 4.74 Å². The van der Waals surface area contributed by atoms with Crippen molar-refractivity contribution >= 4 is 0 Å². The van der Waals surface area contributed by atoms with E-state index in [0.717, 1.165) is 44.4 Å². The Labute approximate surface area is 157 Å². The maximum Gasteiger partial charge on any atom is 0.119 e. The number of benzene rings is 1. The number of aliphatic hydroxyl groups excluding tert-OH is 2. The first-order valence-corrected chi connectivity index (χ1v) is 10.2. The second-order valence-electron chi connectivity index (χ2n) is 7.65. The standard InChI is InChI=1S/C21H34N2O3/c24-12-9-20-17-22(10-11-23(20)19-6-2-1-3-7-19)16-18-5-4-8-21(15-18)26-14-13-25/h4-5,8,15,19-20,24-25H,1-3,6-7,9-14,16-17H2/t20-/m0/s1. The molecule has 1 atom stereocenters. The molecule has 2 fully saturated rings. The monoisotopic (exact) mass is 362 g/mol. The van der Waals surface area contributed by atoms with Crippen molar-refractivity contribution in [3.8, 4) is 5.75 Å². The summed E-state index contributed by atoms with van der Waals surface area (Å²) in [6.45, 7) is 4.77. The van der Waals surface area contributed by atoms with Crippen LogP contribution in [0.4, 0.5) is 0 Å². The summed E-state index contributed by atoms with van der Waals surface area (Å²) >= 11 is 0. The van der Waals surface area contributed by atoms with E-state index in [0.29, 0.717) is 12.6 Å². The minimum atomic E-state index is 0.0379. The van der Waals surface area contributed by atoms with Crippen LogP contribution in [0, 0.1) is 0 Å². The Kier molecular flexibility index (Phi) is 7.74. The average molecular weight is 363 g/mol. The van der Waals surface area contributed by atoms with E-state index in [1.807, 2.05) is 12.1 Å². The number of ether oxygens (including phenoxy) is 1. The molecule has 146 valence electrons. The number of hydrogen-bond acceptors (Lipinski definition) is 5. The highest BCUT2D eigenvalue weighted by Gasteiger charge is 2.32. The molecule has 5 heteroatoms. The molecule has 2 N–H and O–H groups in total. The Bertz CT molecular complexity index is 534. The molecular formula is C21H34N2O3. The van der Waals surface area contributed by atoms with Crippen LogP contribution in [0.2, 0.25) is 0 Å². The molecule has 0 spiro atoms. The number of hydrogen-bond donors (Lipinski definition) is 2. The van der Waals surface area contributed by atoms with E-state index in [4.69, 9.17) is 9.84 Å². The van der Waals surface area contributed by atoms with Gasteiger partial charge in [0.1, 0.15) is 12.4 Å². The first-order valence-electron chi connectivity index (χ1n) is 10.2. The molecule has 2 aliphatic rings. The van der Waals surface area contributed by atoms with Crippen molar-refractivity contribution < 1.29 is 14.9 Å². The molecule has 1 aliphatic heterocycles. The third kappa shape index (κ3) is 5.43. The molecule has 5 nitrogen and oxygen atoms in total. The van der Waals surface area contributed by atoms with Crippen molar-refractivity contribution in [3.05, 3.63) is 29.8 Å². The van der Waals surface area contributed by atoms with E-state index in [1.165, 1.54) is 37.7 Å². The molecular weight excluding hydrogens is 328 g/mol. The quantitative estimate of drug-likeness (QED) is 0.743. The normalized spacial score (nSPS) is 23.2. The zero-order valence-electron chi connectivity index (χ0n) is 15.9. The third-order valence-corrected chi connectivity index (χ3v) is 5.78. The van der Waals surface area contributed by atoms with Crippen LogP contribution in [0.1, 0.15) is 44.1 Å². The minimum absolute atomic E-state index is 0.0379. The summed E-state index contributed by atoms with van der Waals surface area (Å²) in [7, 11) is 0. The van der Waals surface area contributed by atoms with Crippen molar-refractivity contribution in [2.45, 2.75) is 57.2 Å². The molecule has 0 aromatic heterocycles. The molecule has 3 rings (SSSR count). The van der Waals surface area contributed by atoms with Gasteiger partial charge in [0.25, 0.3) is 0 Å². The van der Waals surface area contributed by atoms with Gasteiger partial charge in [0.2, 0.25) is 0 Å². The Morgan fingerprint density at radius 1 is 1.04 bits per heavy atom. The predicted octanol–water partition coefficient (Wildman–Crippen LogP) is 2.26. The van der Waals surface area contributed by atoms with Crippen LogP contribution in [0.25, 0.3) is 0 Å². The Morgan fingerprint density at radius 3 is 2.65 bits per heavy atom. The van der Waals surface area contributed by atoms with Gasteiger partial charge in [-0.3, -0.25) is 9.80 Å². The van der Waals surface area contributed by atoms with Gasteiger partial charge in [-0.15, -0.1) is 0 Å². The summed E-state index contributed by atoms with van der Waals surface area (Å²) in [5.74, 6) is 0.823. The van der Waals surface area contributed by atoms with E-state index in [-0.39, 0.29) is 13.2 Å². The van der Waals surface area contributed by atoms with E-state index in [2.05, 4.69) is 21.9 Å². The van der Waals surface area contributed by atoms with Gasteiger partial charge in [-0.05, 0) is 37.0 Å². The number of piperazine rings is 1. The SMILES string of the molecule is OCCOc1cccc(CN2CCN(C3CCCCC3)[C@@H](CCO)C2)c1. The van der Waals surface area contributed by atoms with Crippen LogP contribution in [0.15, 0.2) is 24.3 Å². The van der Waals surface area contributed by atoms with Crippen molar-refractivity contribution in [3.63, 3.8) is 0 Å². The maximum atomic E-state index is 9.55. The van der Waals surface area contributed by atoms with Crippen LogP contribution in [0.5, 0.6) is 5.75 Å². The molecule has 26 heavy (non-hydrogen) atoms. The summed E-state index contributed by atoms with van der Waals surface area (Å²) < 4.78 is 5.53. The summed E-state index contributed by atoms with van der Waals surface area (Å²) in [6, 6.07) is 9.36. The Balaban J connectivity index is 1.58. The molecule has 0 bridgehead atoms. The van der Waals surface area contributed by atoms with Crippen molar-refractivity contribution in [2.75, 3.05) is 39.5 Å². The van der Waals surface area contributed by atoms with Gasteiger partial charge in [-0.1, -0.05) is 31.4 Å². The molecule has 1 saturated carbocycles. The van der Waals surface area contributed by atoms with Crippen LogP contribution in [-0.2, 0) is 6.54 Å². The molecule has 0 unspecified atom stereocenters. The number of aliphatic hydroxyl groups is 2. The van der Waals surface area contributed by atoms with Crippen molar-refractivity contribution in [1.29, 1.82) is 0 Å². The van der Waals surface area contributed by atoms with Gasteiger partial charge in [0, 0.05) is 44.9 Å². The summed E-state index contributed by atoms with van der Waals surface area (Å²) in [6.07, 6.45) is 7.62. The number of nitrogens with zero attached hydrogens (tertiary/aromatic N) is 2. The maximum absolute atomic E-state index is 9.55. The van der Waals surface area contributed by atoms with Gasteiger partial charge in [0.15, 0.2) is 0 Å². The van der Waals surface area contributed by atoms with Gasteiger partial charge < -0.3 is 14.9 Å². The second-order valence-corrected chi connectivity index (χ2v) is 7.65. The van der Waals surface area contributed by atoms with E-state index in [1.54, 1.807) is 0 Å². The lowest BCUT2D eigenvalue weighted by Crippen LogP contribution is -2.56. The van der Waals surface area contributed by atoms with E-state index < -0.39 is 0 Å². The lowest BCUT2D eigenvalue weighted by molar-refractivity contribution is 0.0136. The molecule has 1 aromatic carbocycles. The lowest BCUT2D eigenvalue weighted by atomic mass is 9.91. The van der Waals surface area contributed by atoms with Crippen molar-refractivity contribution in [2.24, 2.45) is 0 Å². The Hall–Kier alpha value is -1.14. The zero-order chi connectivity index (χ0) is 18.2. The fraction of sp³-hybridized carbons (Fsp3) is 0.714. The molecule has 1 aliphatic carbocycles. The first-order chi connectivity index (χ1) is 12.8. The van der Waals surface area contributed by atoms with Gasteiger partial charge in [-0.2, -0.15) is 0 Å².